The van der Waals surface area contributed by atoms with Crippen molar-refractivity contribution in [2.45, 2.75) is 32.2 Å². The van der Waals surface area contributed by atoms with Gasteiger partial charge < -0.3 is 20.4 Å². The Morgan fingerprint density at radius 3 is 2.33 bits per heavy atom. The van der Waals surface area contributed by atoms with Crippen molar-refractivity contribution in [3.63, 3.8) is 0 Å². The second-order valence-electron chi connectivity index (χ2n) is 10.5. The molecule has 3 saturated carbocycles. The molecule has 2 amide bonds. The maximum absolute atomic E-state index is 15.4. The van der Waals surface area contributed by atoms with E-state index in [1.807, 2.05) is 6.92 Å². The van der Waals surface area contributed by atoms with E-state index >= 15 is 4.39 Å². The van der Waals surface area contributed by atoms with Gasteiger partial charge in [-0.05, 0) is 74.4 Å². The third-order valence-corrected chi connectivity index (χ3v) is 8.09. The van der Waals surface area contributed by atoms with Crippen LogP contribution in [0, 0.1) is 29.3 Å². The van der Waals surface area contributed by atoms with Gasteiger partial charge >= 0.3 is 0 Å². The van der Waals surface area contributed by atoms with Gasteiger partial charge in [0.25, 0.3) is 11.8 Å². The van der Waals surface area contributed by atoms with Crippen molar-refractivity contribution in [3.8, 4) is 22.5 Å². The van der Waals surface area contributed by atoms with Crippen LogP contribution >= 0.6 is 0 Å². The molecule has 1 heterocycles. The number of anilines is 1. The molecule has 0 spiro atoms. The fraction of sp³-hybridized carbons (Fsp3) is 0.290. The van der Waals surface area contributed by atoms with E-state index in [1.54, 1.807) is 12.1 Å². The molecule has 3 aliphatic carbocycles. The van der Waals surface area contributed by atoms with Crippen LogP contribution < -0.4 is 16.0 Å². The molecule has 3 aromatic carbocycles. The molecule has 1 unspecified atom stereocenters. The van der Waals surface area contributed by atoms with E-state index in [0.717, 1.165) is 25.3 Å². The second-order valence-corrected chi connectivity index (χ2v) is 10.5. The van der Waals surface area contributed by atoms with Crippen LogP contribution in [-0.4, -0.2) is 31.4 Å². The van der Waals surface area contributed by atoms with Gasteiger partial charge in [-0.2, -0.15) is 0 Å². The summed E-state index contributed by atoms with van der Waals surface area (Å²) in [6.07, 6.45) is 3.03. The summed E-state index contributed by atoms with van der Waals surface area (Å²) < 4.78 is 49.9. The summed E-state index contributed by atoms with van der Waals surface area (Å²) in [5.41, 5.74) is 1.60. The molecule has 3 N–H and O–H groups in total. The molecular formula is C31H28F3N3O3. The highest BCUT2D eigenvalue weighted by Crippen LogP contribution is 2.48. The van der Waals surface area contributed by atoms with Gasteiger partial charge in [0.05, 0.1) is 11.1 Å². The normalized spacial score (nSPS) is 19.4. The van der Waals surface area contributed by atoms with E-state index in [9.17, 15) is 18.4 Å². The third kappa shape index (κ3) is 4.39. The molecular weight excluding hydrogens is 519 g/mol. The van der Waals surface area contributed by atoms with E-state index in [-0.39, 0.29) is 28.5 Å². The molecule has 3 fully saturated rings. The number of carbonyl (C=O) groups excluding carboxylic acids is 2. The van der Waals surface area contributed by atoms with Crippen molar-refractivity contribution in [2.24, 2.45) is 11.8 Å². The van der Waals surface area contributed by atoms with Crippen molar-refractivity contribution in [1.29, 1.82) is 0 Å². The first-order chi connectivity index (χ1) is 19.3. The highest BCUT2D eigenvalue weighted by molar-refractivity contribution is 6.13. The van der Waals surface area contributed by atoms with Gasteiger partial charge in [-0.25, -0.2) is 13.2 Å². The van der Waals surface area contributed by atoms with Crippen molar-refractivity contribution >= 4 is 28.5 Å². The molecule has 1 aromatic heterocycles. The molecule has 3 aliphatic rings. The zero-order chi connectivity index (χ0) is 28.1. The number of fused-ring (bicyclic) bond motifs is 2. The molecule has 40 heavy (non-hydrogen) atoms. The molecule has 206 valence electrons. The van der Waals surface area contributed by atoms with Gasteiger partial charge in [0, 0.05) is 59.5 Å². The quantitative estimate of drug-likeness (QED) is 0.247. The molecule has 0 radical (unpaired) electrons. The SMILES string of the molecule is CCNc1cc2oc(-c3ccc(F)cc3)c(C(=O)NC)c2cc1-c1cc(C(=O)NC2CC3CC2C3)c(F)cc1F. The number of hydrogen-bond acceptors (Lipinski definition) is 4. The first-order valence-electron chi connectivity index (χ1n) is 13.4. The number of amides is 2. The Morgan fingerprint density at radius 1 is 0.925 bits per heavy atom. The fourth-order valence-corrected chi connectivity index (χ4v) is 6.07. The minimum atomic E-state index is -0.942. The Morgan fingerprint density at radius 2 is 1.68 bits per heavy atom. The number of benzene rings is 3. The summed E-state index contributed by atoms with van der Waals surface area (Å²) in [4.78, 5) is 26.1. The number of halogens is 3. The van der Waals surface area contributed by atoms with Crippen molar-refractivity contribution in [2.75, 3.05) is 18.9 Å². The summed E-state index contributed by atoms with van der Waals surface area (Å²) in [6.45, 7) is 2.34. The molecule has 2 bridgehead atoms. The van der Waals surface area contributed by atoms with E-state index in [2.05, 4.69) is 16.0 Å². The van der Waals surface area contributed by atoms with Gasteiger partial charge in [-0.1, -0.05) is 0 Å². The van der Waals surface area contributed by atoms with E-state index in [4.69, 9.17) is 4.42 Å². The lowest BCUT2D eigenvalue weighted by molar-refractivity contribution is 0.0923. The number of nitrogens with one attached hydrogen (secondary N) is 3. The van der Waals surface area contributed by atoms with Crippen LogP contribution in [0.4, 0.5) is 18.9 Å². The zero-order valence-electron chi connectivity index (χ0n) is 22.0. The fourth-order valence-electron chi connectivity index (χ4n) is 6.07. The highest BCUT2D eigenvalue weighted by Gasteiger charge is 2.45. The van der Waals surface area contributed by atoms with Crippen LogP contribution in [0.1, 0.15) is 46.9 Å². The monoisotopic (exact) mass is 547 g/mol. The topological polar surface area (TPSA) is 83.4 Å². The van der Waals surface area contributed by atoms with Crippen LogP contribution in [0.15, 0.2) is 52.9 Å². The Hall–Kier alpha value is -4.27. The zero-order valence-corrected chi connectivity index (χ0v) is 22.0. The first-order valence-corrected chi connectivity index (χ1v) is 13.4. The summed E-state index contributed by atoms with van der Waals surface area (Å²) in [5, 5.41) is 9.10. The maximum Gasteiger partial charge on any atom is 0.255 e. The van der Waals surface area contributed by atoms with Crippen molar-refractivity contribution in [3.05, 3.63) is 77.1 Å². The lowest BCUT2D eigenvalue weighted by Crippen LogP contribution is -2.37. The van der Waals surface area contributed by atoms with Crippen molar-refractivity contribution in [1.82, 2.24) is 10.6 Å². The summed E-state index contributed by atoms with van der Waals surface area (Å²) in [7, 11) is 1.47. The highest BCUT2D eigenvalue weighted by atomic mass is 19.1. The first kappa shape index (κ1) is 26.0. The maximum atomic E-state index is 15.4. The Kier molecular flexibility index (Phi) is 6.52. The van der Waals surface area contributed by atoms with Crippen molar-refractivity contribution < 1.29 is 27.2 Å². The largest absolute Gasteiger partial charge is 0.455 e. The lowest BCUT2D eigenvalue weighted by Gasteiger charge is -2.24. The summed E-state index contributed by atoms with van der Waals surface area (Å²) >= 11 is 0. The van der Waals surface area contributed by atoms with Gasteiger partial charge in [-0.3, -0.25) is 9.59 Å². The van der Waals surface area contributed by atoms with Crippen LogP contribution in [0.5, 0.6) is 0 Å². The molecule has 4 aromatic rings. The average Bonchev–Trinajstić information content (AvgIpc) is 3.60. The van der Waals surface area contributed by atoms with Gasteiger partial charge in [0.1, 0.15) is 28.8 Å². The van der Waals surface area contributed by atoms with Crippen LogP contribution in [0.2, 0.25) is 0 Å². The smallest absolute Gasteiger partial charge is 0.255 e. The molecule has 6 nitrogen and oxygen atoms in total. The van der Waals surface area contributed by atoms with E-state index < -0.39 is 29.3 Å². The Labute approximate surface area is 228 Å². The Bertz CT molecular complexity index is 1640. The third-order valence-electron chi connectivity index (χ3n) is 8.09. The average molecular weight is 548 g/mol. The standard InChI is InChI=1S/C31H28F3N3O3/c1-3-36-26-14-27-22(28(31(39)35-2)29(40-27)16-4-6-18(32)7-5-16)12-20(26)19-11-21(24(34)13-23(19)33)30(38)37-25-10-15-8-17(25)9-15/h4-7,11-15,17,25,36H,3,8-10H2,1-2H3,(H,35,39)(H,37,38). The molecule has 1 atom stereocenters. The van der Waals surface area contributed by atoms with Gasteiger partial charge in [0.2, 0.25) is 0 Å². The Balaban J connectivity index is 1.49. The van der Waals surface area contributed by atoms with E-state index in [1.165, 1.54) is 37.4 Å². The van der Waals surface area contributed by atoms with E-state index in [0.29, 0.717) is 46.2 Å². The summed E-state index contributed by atoms with van der Waals surface area (Å²) in [6, 6.07) is 10.7. The molecule has 9 heteroatoms. The van der Waals surface area contributed by atoms with Crippen LogP contribution in [-0.2, 0) is 0 Å². The second kappa shape index (κ2) is 10.0. The lowest BCUT2D eigenvalue weighted by atomic mass is 9.84. The molecule has 0 aliphatic heterocycles. The number of rotatable bonds is 7. The van der Waals surface area contributed by atoms with Gasteiger partial charge in [-0.15, -0.1) is 0 Å². The van der Waals surface area contributed by atoms with Crippen LogP contribution in [0.25, 0.3) is 33.4 Å². The molecule has 7 rings (SSSR count). The minimum absolute atomic E-state index is 0.00463. The van der Waals surface area contributed by atoms with Crippen LogP contribution in [0.3, 0.4) is 0 Å². The minimum Gasteiger partial charge on any atom is -0.455 e. The predicted octanol–water partition coefficient (Wildman–Crippen LogP) is 6.50. The number of furan rings is 1. The number of hydrogen-bond donors (Lipinski definition) is 3. The van der Waals surface area contributed by atoms with Gasteiger partial charge in [0.15, 0.2) is 0 Å². The molecule has 0 saturated heterocycles. The summed E-state index contributed by atoms with van der Waals surface area (Å²) in [5.74, 6) is -1.99. The number of carbonyl (C=O) groups is 2. The predicted molar refractivity (Wildman–Crippen MR) is 147 cm³/mol.